The SMILES string of the molecule is N[C@@H](Cc1c(CF)[nH]c2ccc(O)cc12)C(=O)O. The van der Waals surface area contributed by atoms with Gasteiger partial charge in [-0.15, -0.1) is 0 Å². The fraction of sp³-hybridized carbons (Fsp3) is 0.250. The van der Waals surface area contributed by atoms with Crippen molar-refractivity contribution >= 4 is 16.9 Å². The van der Waals surface area contributed by atoms with Crippen LogP contribution in [-0.2, 0) is 17.9 Å². The summed E-state index contributed by atoms with van der Waals surface area (Å²) in [5, 5.41) is 18.8. The molecule has 5 nitrogen and oxygen atoms in total. The molecule has 0 aliphatic rings. The molecule has 2 aromatic rings. The zero-order chi connectivity index (χ0) is 13.3. The molecule has 96 valence electrons. The second-order valence-corrected chi connectivity index (χ2v) is 4.09. The van der Waals surface area contributed by atoms with Crippen molar-refractivity contribution in [2.45, 2.75) is 19.1 Å². The Hall–Kier alpha value is -2.08. The summed E-state index contributed by atoms with van der Waals surface area (Å²) in [5.74, 6) is -1.11. The molecular formula is C12H13FN2O3. The molecule has 0 amide bonds. The molecule has 1 aromatic heterocycles. The molecule has 0 aliphatic carbocycles. The molecule has 0 spiro atoms. The van der Waals surface area contributed by atoms with Gasteiger partial charge in [0.2, 0.25) is 0 Å². The van der Waals surface area contributed by atoms with Crippen LogP contribution in [0.25, 0.3) is 10.9 Å². The zero-order valence-corrected chi connectivity index (χ0v) is 9.48. The van der Waals surface area contributed by atoms with Crippen molar-refractivity contribution in [2.75, 3.05) is 0 Å². The third kappa shape index (κ3) is 2.14. The molecule has 0 unspecified atom stereocenters. The number of hydrogen-bond acceptors (Lipinski definition) is 3. The number of hydrogen-bond donors (Lipinski definition) is 4. The minimum absolute atomic E-state index is 0.0119. The molecule has 0 fully saturated rings. The first-order valence-corrected chi connectivity index (χ1v) is 5.39. The lowest BCUT2D eigenvalue weighted by atomic mass is 10.0. The summed E-state index contributed by atoms with van der Waals surface area (Å²) in [6.07, 6.45) is 0.0119. The molecule has 18 heavy (non-hydrogen) atoms. The third-order valence-electron chi connectivity index (χ3n) is 2.85. The standard InChI is InChI=1S/C12H13FN2O3/c13-5-11-8(4-9(14)12(17)18)7-3-6(16)1-2-10(7)15-11/h1-3,9,15-16H,4-5,14H2,(H,17,18)/t9-/m0/s1. The van der Waals surface area contributed by atoms with Crippen LogP contribution in [-0.4, -0.2) is 27.2 Å². The number of aromatic nitrogens is 1. The number of halogens is 1. The summed E-state index contributed by atoms with van der Waals surface area (Å²) in [4.78, 5) is 13.6. The Morgan fingerprint density at radius 3 is 2.83 bits per heavy atom. The molecule has 1 atom stereocenters. The van der Waals surface area contributed by atoms with E-state index in [1.807, 2.05) is 0 Å². The van der Waals surface area contributed by atoms with E-state index in [4.69, 9.17) is 10.8 Å². The molecule has 0 bridgehead atoms. The van der Waals surface area contributed by atoms with Crippen molar-refractivity contribution in [1.29, 1.82) is 0 Å². The Morgan fingerprint density at radius 2 is 2.22 bits per heavy atom. The largest absolute Gasteiger partial charge is 0.508 e. The maximum Gasteiger partial charge on any atom is 0.320 e. The van der Waals surface area contributed by atoms with Gasteiger partial charge in [-0.05, 0) is 23.8 Å². The monoisotopic (exact) mass is 252 g/mol. The quantitative estimate of drug-likeness (QED) is 0.659. The van der Waals surface area contributed by atoms with Gasteiger partial charge in [0.15, 0.2) is 0 Å². The molecule has 0 saturated carbocycles. The number of aliphatic carboxylic acids is 1. The third-order valence-corrected chi connectivity index (χ3v) is 2.85. The van der Waals surface area contributed by atoms with Crippen LogP contribution in [0.5, 0.6) is 5.75 Å². The predicted octanol–water partition coefficient (Wildman–Crippen LogP) is 1.30. The van der Waals surface area contributed by atoms with Gasteiger partial charge < -0.3 is 20.9 Å². The zero-order valence-electron chi connectivity index (χ0n) is 9.48. The number of carboxylic acids is 1. The highest BCUT2D eigenvalue weighted by Gasteiger charge is 2.18. The van der Waals surface area contributed by atoms with E-state index in [1.165, 1.54) is 12.1 Å². The van der Waals surface area contributed by atoms with Gasteiger partial charge in [0.1, 0.15) is 18.5 Å². The maximum absolute atomic E-state index is 12.9. The Labute approximate surface area is 102 Å². The van der Waals surface area contributed by atoms with Crippen LogP contribution in [0.3, 0.4) is 0 Å². The van der Waals surface area contributed by atoms with E-state index in [1.54, 1.807) is 6.07 Å². The van der Waals surface area contributed by atoms with Gasteiger partial charge in [-0.3, -0.25) is 4.79 Å². The summed E-state index contributed by atoms with van der Waals surface area (Å²) >= 11 is 0. The average molecular weight is 252 g/mol. The lowest BCUT2D eigenvalue weighted by Crippen LogP contribution is -2.32. The van der Waals surface area contributed by atoms with E-state index >= 15 is 0 Å². The smallest absolute Gasteiger partial charge is 0.320 e. The fourth-order valence-corrected chi connectivity index (χ4v) is 1.95. The normalized spacial score (nSPS) is 12.8. The lowest BCUT2D eigenvalue weighted by Gasteiger charge is -2.07. The van der Waals surface area contributed by atoms with Crippen LogP contribution < -0.4 is 5.73 Å². The van der Waals surface area contributed by atoms with Gasteiger partial charge in [0.25, 0.3) is 0 Å². The molecule has 0 saturated heterocycles. The van der Waals surface area contributed by atoms with E-state index in [0.29, 0.717) is 22.2 Å². The number of nitrogens with one attached hydrogen (secondary N) is 1. The molecule has 5 N–H and O–H groups in total. The van der Waals surface area contributed by atoms with Crippen molar-refractivity contribution in [2.24, 2.45) is 5.73 Å². The average Bonchev–Trinajstić information content (AvgIpc) is 2.67. The minimum Gasteiger partial charge on any atom is -0.508 e. The van der Waals surface area contributed by atoms with Crippen molar-refractivity contribution in [3.63, 3.8) is 0 Å². The molecule has 6 heteroatoms. The number of benzene rings is 1. The molecule has 0 radical (unpaired) electrons. The number of phenolic OH excluding ortho intramolecular Hbond substituents is 1. The summed E-state index contributed by atoms with van der Waals surface area (Å²) in [7, 11) is 0. The number of aromatic hydroxyl groups is 1. The first-order valence-electron chi connectivity index (χ1n) is 5.39. The Balaban J connectivity index is 2.52. The number of fused-ring (bicyclic) bond motifs is 1. The van der Waals surface area contributed by atoms with Crippen molar-refractivity contribution < 1.29 is 19.4 Å². The molecule has 1 heterocycles. The van der Waals surface area contributed by atoms with Crippen LogP contribution in [0, 0.1) is 0 Å². The summed E-state index contributed by atoms with van der Waals surface area (Å²) in [6, 6.07) is 3.45. The van der Waals surface area contributed by atoms with Crippen LogP contribution in [0.2, 0.25) is 0 Å². The van der Waals surface area contributed by atoms with E-state index in [-0.39, 0.29) is 12.2 Å². The van der Waals surface area contributed by atoms with E-state index in [2.05, 4.69) is 4.98 Å². The number of aromatic amines is 1. The number of phenols is 1. The molecule has 2 rings (SSSR count). The second-order valence-electron chi connectivity index (χ2n) is 4.09. The summed E-state index contributed by atoms with van der Waals surface area (Å²) in [6.45, 7) is -0.739. The Morgan fingerprint density at radius 1 is 1.50 bits per heavy atom. The minimum atomic E-state index is -1.14. The van der Waals surface area contributed by atoms with Gasteiger partial charge in [-0.1, -0.05) is 0 Å². The number of rotatable bonds is 4. The second kappa shape index (κ2) is 4.66. The summed E-state index contributed by atoms with van der Waals surface area (Å²) in [5.41, 5.74) is 6.91. The fourth-order valence-electron chi connectivity index (χ4n) is 1.95. The van der Waals surface area contributed by atoms with Crippen LogP contribution in [0.4, 0.5) is 4.39 Å². The predicted molar refractivity (Wildman–Crippen MR) is 64.1 cm³/mol. The van der Waals surface area contributed by atoms with Crippen molar-refractivity contribution in [3.8, 4) is 5.75 Å². The van der Waals surface area contributed by atoms with Crippen molar-refractivity contribution in [3.05, 3.63) is 29.5 Å². The van der Waals surface area contributed by atoms with Crippen LogP contribution in [0.15, 0.2) is 18.2 Å². The highest BCUT2D eigenvalue weighted by Crippen LogP contribution is 2.27. The van der Waals surface area contributed by atoms with Crippen LogP contribution >= 0.6 is 0 Å². The van der Waals surface area contributed by atoms with E-state index in [0.717, 1.165) is 0 Å². The molecular weight excluding hydrogens is 239 g/mol. The van der Waals surface area contributed by atoms with E-state index in [9.17, 15) is 14.3 Å². The maximum atomic E-state index is 12.9. The number of alkyl halides is 1. The van der Waals surface area contributed by atoms with Gasteiger partial charge in [-0.25, -0.2) is 4.39 Å². The topological polar surface area (TPSA) is 99.3 Å². The van der Waals surface area contributed by atoms with Gasteiger partial charge in [-0.2, -0.15) is 0 Å². The number of carbonyl (C=O) groups is 1. The Bertz CT molecular complexity index is 594. The highest BCUT2D eigenvalue weighted by molar-refractivity contribution is 5.87. The van der Waals surface area contributed by atoms with E-state index < -0.39 is 18.7 Å². The first kappa shape index (κ1) is 12.4. The molecule has 0 aliphatic heterocycles. The first-order chi connectivity index (χ1) is 8.52. The summed E-state index contributed by atoms with van der Waals surface area (Å²) < 4.78 is 12.9. The number of nitrogens with two attached hydrogens (primary N) is 1. The van der Waals surface area contributed by atoms with Gasteiger partial charge >= 0.3 is 5.97 Å². The van der Waals surface area contributed by atoms with Crippen LogP contribution in [0.1, 0.15) is 11.3 Å². The highest BCUT2D eigenvalue weighted by atomic mass is 19.1. The Kier molecular flexibility index (Phi) is 3.20. The molecule has 1 aromatic carbocycles. The van der Waals surface area contributed by atoms with Gasteiger partial charge in [0, 0.05) is 17.3 Å². The number of carboxylic acid groups (broad SMARTS) is 1. The lowest BCUT2D eigenvalue weighted by molar-refractivity contribution is -0.138. The number of H-pyrrole nitrogens is 1. The van der Waals surface area contributed by atoms with Crippen molar-refractivity contribution in [1.82, 2.24) is 4.98 Å². The van der Waals surface area contributed by atoms with Gasteiger partial charge in [0.05, 0.1) is 5.69 Å².